The minimum atomic E-state index is -0.172. The summed E-state index contributed by atoms with van der Waals surface area (Å²) in [5.74, 6) is 0. The molecule has 0 bridgehead atoms. The summed E-state index contributed by atoms with van der Waals surface area (Å²) in [6.45, 7) is 7.28. The Morgan fingerprint density at radius 3 is 2.58 bits per heavy atom. The molecule has 0 atom stereocenters. The number of nitrogens with one attached hydrogen (secondary N) is 2. The first kappa shape index (κ1) is 15.5. The van der Waals surface area contributed by atoms with Crippen molar-refractivity contribution in [3.8, 4) is 0 Å². The summed E-state index contributed by atoms with van der Waals surface area (Å²) < 4.78 is 0. The van der Waals surface area contributed by atoms with Crippen molar-refractivity contribution in [3.05, 3.63) is 35.4 Å². The molecule has 0 radical (unpaired) electrons. The Hall–Kier alpha value is -1.55. The van der Waals surface area contributed by atoms with E-state index in [4.69, 9.17) is 5.11 Å². The van der Waals surface area contributed by atoms with Crippen LogP contribution < -0.4 is 10.6 Å². The number of urea groups is 1. The number of rotatable bonds is 6. The molecule has 0 aliphatic rings. The van der Waals surface area contributed by atoms with Gasteiger partial charge in [0.1, 0.15) is 0 Å². The van der Waals surface area contributed by atoms with Crippen LogP contribution in [0.15, 0.2) is 24.3 Å². The summed E-state index contributed by atoms with van der Waals surface area (Å²) in [6, 6.07) is 7.81. The third-order valence-corrected chi connectivity index (χ3v) is 3.22. The van der Waals surface area contributed by atoms with E-state index >= 15 is 0 Å². The zero-order valence-corrected chi connectivity index (χ0v) is 12.0. The average molecular weight is 264 g/mol. The van der Waals surface area contributed by atoms with E-state index in [1.807, 2.05) is 45.0 Å². The van der Waals surface area contributed by atoms with Crippen LogP contribution in [0, 0.1) is 12.3 Å². The molecule has 4 heteroatoms. The fraction of sp³-hybridized carbons (Fsp3) is 0.533. The molecule has 1 aromatic rings. The number of carbonyl (C=O) groups excluding carboxylic acids is 1. The highest BCUT2D eigenvalue weighted by Gasteiger charge is 2.17. The lowest BCUT2D eigenvalue weighted by Crippen LogP contribution is -2.40. The Bertz CT molecular complexity index is 416. The summed E-state index contributed by atoms with van der Waals surface area (Å²) >= 11 is 0. The van der Waals surface area contributed by atoms with Crippen LogP contribution in [0.5, 0.6) is 0 Å². The standard InChI is InChI=1S/C15H24N2O2/c1-12-6-4-5-7-13(12)10-16-14(19)17-11-15(2,3)8-9-18/h4-7,18H,8-11H2,1-3H3,(H2,16,17,19). The van der Waals surface area contributed by atoms with Gasteiger partial charge >= 0.3 is 6.03 Å². The normalized spacial score (nSPS) is 11.2. The summed E-state index contributed by atoms with van der Waals surface area (Å²) in [4.78, 5) is 11.7. The maximum Gasteiger partial charge on any atom is 0.315 e. The van der Waals surface area contributed by atoms with Gasteiger partial charge < -0.3 is 15.7 Å². The van der Waals surface area contributed by atoms with Crippen LogP contribution in [0.25, 0.3) is 0 Å². The van der Waals surface area contributed by atoms with Crippen LogP contribution in [0.2, 0.25) is 0 Å². The quantitative estimate of drug-likeness (QED) is 0.737. The van der Waals surface area contributed by atoms with Crippen molar-refractivity contribution >= 4 is 6.03 Å². The van der Waals surface area contributed by atoms with Gasteiger partial charge in [-0.1, -0.05) is 38.1 Å². The highest BCUT2D eigenvalue weighted by atomic mass is 16.3. The van der Waals surface area contributed by atoms with Crippen molar-refractivity contribution in [2.75, 3.05) is 13.2 Å². The molecular formula is C15H24N2O2. The van der Waals surface area contributed by atoms with Gasteiger partial charge in [0.15, 0.2) is 0 Å². The molecule has 19 heavy (non-hydrogen) atoms. The molecule has 4 nitrogen and oxygen atoms in total. The SMILES string of the molecule is Cc1ccccc1CNC(=O)NCC(C)(C)CCO. The number of aryl methyl sites for hydroxylation is 1. The number of hydrogen-bond acceptors (Lipinski definition) is 2. The predicted molar refractivity (Wildman–Crippen MR) is 76.9 cm³/mol. The molecule has 1 aromatic carbocycles. The third-order valence-electron chi connectivity index (χ3n) is 3.22. The zero-order valence-electron chi connectivity index (χ0n) is 12.0. The van der Waals surface area contributed by atoms with Gasteiger partial charge in [0, 0.05) is 19.7 Å². The molecule has 0 spiro atoms. The van der Waals surface area contributed by atoms with Gasteiger partial charge in [-0.2, -0.15) is 0 Å². The van der Waals surface area contributed by atoms with Gasteiger partial charge in [-0.25, -0.2) is 4.79 Å². The van der Waals surface area contributed by atoms with E-state index in [9.17, 15) is 4.79 Å². The maximum atomic E-state index is 11.7. The molecule has 1 rings (SSSR count). The minimum absolute atomic E-state index is 0.0885. The molecule has 0 unspecified atom stereocenters. The molecule has 0 saturated heterocycles. The lowest BCUT2D eigenvalue weighted by atomic mass is 9.90. The van der Waals surface area contributed by atoms with E-state index < -0.39 is 0 Å². The lowest BCUT2D eigenvalue weighted by molar-refractivity contribution is 0.201. The summed E-state index contributed by atoms with van der Waals surface area (Å²) in [5.41, 5.74) is 2.20. The summed E-state index contributed by atoms with van der Waals surface area (Å²) in [7, 11) is 0. The molecule has 0 saturated carbocycles. The molecule has 0 heterocycles. The molecule has 3 N–H and O–H groups in total. The van der Waals surface area contributed by atoms with Crippen LogP contribution >= 0.6 is 0 Å². The number of carbonyl (C=O) groups is 1. The Balaban J connectivity index is 2.35. The first-order chi connectivity index (χ1) is 8.94. The van der Waals surface area contributed by atoms with Crippen molar-refractivity contribution in [1.29, 1.82) is 0 Å². The van der Waals surface area contributed by atoms with Crippen molar-refractivity contribution in [1.82, 2.24) is 10.6 Å². The molecule has 0 aliphatic carbocycles. The van der Waals surface area contributed by atoms with Crippen LogP contribution in [0.4, 0.5) is 4.79 Å². The molecular weight excluding hydrogens is 240 g/mol. The molecule has 0 aliphatic heterocycles. The first-order valence-corrected chi connectivity index (χ1v) is 6.62. The van der Waals surface area contributed by atoms with Gasteiger partial charge in [-0.15, -0.1) is 0 Å². The van der Waals surface area contributed by atoms with Gasteiger partial charge in [0.25, 0.3) is 0 Å². The van der Waals surface area contributed by atoms with Crippen LogP contribution in [0.1, 0.15) is 31.4 Å². The van der Waals surface area contributed by atoms with Crippen molar-refractivity contribution < 1.29 is 9.90 Å². The number of aliphatic hydroxyl groups is 1. The number of aliphatic hydroxyl groups excluding tert-OH is 1. The van der Waals surface area contributed by atoms with E-state index in [0.29, 0.717) is 19.5 Å². The maximum absolute atomic E-state index is 11.7. The smallest absolute Gasteiger partial charge is 0.315 e. The molecule has 0 fully saturated rings. The van der Waals surface area contributed by atoms with Crippen molar-refractivity contribution in [2.45, 2.75) is 33.7 Å². The van der Waals surface area contributed by atoms with Crippen LogP contribution in [-0.4, -0.2) is 24.3 Å². The highest BCUT2D eigenvalue weighted by Crippen LogP contribution is 2.17. The predicted octanol–water partition coefficient (Wildman–Crippen LogP) is 2.20. The lowest BCUT2D eigenvalue weighted by Gasteiger charge is -2.23. The Kier molecular flexibility index (Phi) is 5.83. The van der Waals surface area contributed by atoms with E-state index in [1.54, 1.807) is 0 Å². The van der Waals surface area contributed by atoms with Crippen molar-refractivity contribution in [2.24, 2.45) is 5.41 Å². The second kappa shape index (κ2) is 7.14. The second-order valence-corrected chi connectivity index (χ2v) is 5.60. The fourth-order valence-corrected chi connectivity index (χ4v) is 1.76. The number of amides is 2. The van der Waals surface area contributed by atoms with Gasteiger partial charge in [0.05, 0.1) is 0 Å². The number of benzene rings is 1. The van der Waals surface area contributed by atoms with Crippen molar-refractivity contribution in [3.63, 3.8) is 0 Å². The molecule has 2 amide bonds. The zero-order chi connectivity index (χ0) is 14.3. The van der Waals surface area contributed by atoms with Gasteiger partial charge in [0.2, 0.25) is 0 Å². The minimum Gasteiger partial charge on any atom is -0.396 e. The fourth-order valence-electron chi connectivity index (χ4n) is 1.76. The van der Waals surface area contributed by atoms with Gasteiger partial charge in [-0.05, 0) is 29.9 Å². The van der Waals surface area contributed by atoms with Crippen LogP contribution in [-0.2, 0) is 6.54 Å². The Morgan fingerprint density at radius 2 is 1.95 bits per heavy atom. The van der Waals surface area contributed by atoms with Crippen LogP contribution in [0.3, 0.4) is 0 Å². The first-order valence-electron chi connectivity index (χ1n) is 6.62. The average Bonchev–Trinajstić information content (AvgIpc) is 2.35. The molecule has 106 valence electrons. The molecule has 0 aromatic heterocycles. The van der Waals surface area contributed by atoms with E-state index in [1.165, 1.54) is 5.56 Å². The number of hydrogen-bond donors (Lipinski definition) is 3. The Morgan fingerprint density at radius 1 is 1.26 bits per heavy atom. The second-order valence-electron chi connectivity index (χ2n) is 5.60. The van der Waals surface area contributed by atoms with E-state index in [2.05, 4.69) is 10.6 Å². The third kappa shape index (κ3) is 5.75. The van der Waals surface area contributed by atoms with Gasteiger partial charge in [-0.3, -0.25) is 0 Å². The largest absolute Gasteiger partial charge is 0.396 e. The summed E-state index contributed by atoms with van der Waals surface area (Å²) in [5, 5.41) is 14.6. The summed E-state index contributed by atoms with van der Waals surface area (Å²) in [6.07, 6.45) is 0.672. The van der Waals surface area contributed by atoms with E-state index in [0.717, 1.165) is 5.56 Å². The monoisotopic (exact) mass is 264 g/mol. The highest BCUT2D eigenvalue weighted by molar-refractivity contribution is 5.73. The topological polar surface area (TPSA) is 61.4 Å². The van der Waals surface area contributed by atoms with E-state index in [-0.39, 0.29) is 18.1 Å². The Labute approximate surface area is 115 Å².